The number of nitrogens with two attached hydrogens (primary N) is 1. The SMILES string of the molecule is COc1cccc(C2=CC(=O)c3ccccc3C2=O)c1N. The number of nitrogen functional groups attached to an aromatic ring is 1. The van der Waals surface area contributed by atoms with Crippen LogP contribution in [-0.2, 0) is 0 Å². The Balaban J connectivity index is 2.18. The van der Waals surface area contributed by atoms with E-state index >= 15 is 0 Å². The molecule has 1 aliphatic rings. The van der Waals surface area contributed by atoms with Crippen LogP contribution in [0, 0.1) is 0 Å². The van der Waals surface area contributed by atoms with Crippen molar-refractivity contribution in [2.75, 3.05) is 12.8 Å². The number of para-hydroxylation sites is 1. The number of benzene rings is 2. The molecule has 104 valence electrons. The molecule has 0 saturated heterocycles. The van der Waals surface area contributed by atoms with Crippen LogP contribution in [0.25, 0.3) is 5.57 Å². The van der Waals surface area contributed by atoms with Crippen LogP contribution in [0.5, 0.6) is 5.75 Å². The number of allylic oxidation sites excluding steroid dienone is 2. The van der Waals surface area contributed by atoms with Gasteiger partial charge in [0.05, 0.1) is 12.8 Å². The number of ketones is 2. The van der Waals surface area contributed by atoms with Gasteiger partial charge in [0, 0.05) is 22.3 Å². The maximum Gasteiger partial charge on any atom is 0.194 e. The predicted octanol–water partition coefficient (Wildman–Crippen LogP) is 2.74. The summed E-state index contributed by atoms with van der Waals surface area (Å²) in [5, 5.41) is 0. The molecule has 0 saturated carbocycles. The van der Waals surface area contributed by atoms with E-state index in [0.717, 1.165) is 0 Å². The average molecular weight is 279 g/mol. The van der Waals surface area contributed by atoms with Crippen molar-refractivity contribution in [1.82, 2.24) is 0 Å². The molecule has 4 nitrogen and oxygen atoms in total. The highest BCUT2D eigenvalue weighted by molar-refractivity contribution is 6.39. The molecular weight excluding hydrogens is 266 g/mol. The van der Waals surface area contributed by atoms with Crippen LogP contribution in [-0.4, -0.2) is 18.7 Å². The second-order valence-electron chi connectivity index (χ2n) is 4.72. The monoisotopic (exact) mass is 279 g/mol. The van der Waals surface area contributed by atoms with Crippen molar-refractivity contribution in [2.45, 2.75) is 0 Å². The number of anilines is 1. The molecule has 0 heterocycles. The summed E-state index contributed by atoms with van der Waals surface area (Å²) in [4.78, 5) is 24.8. The average Bonchev–Trinajstić information content (AvgIpc) is 2.51. The molecule has 21 heavy (non-hydrogen) atoms. The molecule has 0 unspecified atom stereocenters. The minimum absolute atomic E-state index is 0.192. The van der Waals surface area contributed by atoms with Gasteiger partial charge in [-0.3, -0.25) is 9.59 Å². The first kappa shape index (κ1) is 13.1. The highest BCUT2D eigenvalue weighted by Crippen LogP contribution is 2.34. The second kappa shape index (κ2) is 4.90. The lowest BCUT2D eigenvalue weighted by Crippen LogP contribution is -2.16. The number of fused-ring (bicyclic) bond motifs is 1. The third kappa shape index (κ3) is 2.01. The van der Waals surface area contributed by atoms with E-state index in [2.05, 4.69) is 0 Å². The van der Waals surface area contributed by atoms with E-state index < -0.39 is 0 Å². The summed E-state index contributed by atoms with van der Waals surface area (Å²) < 4.78 is 5.16. The van der Waals surface area contributed by atoms with Crippen molar-refractivity contribution in [3.63, 3.8) is 0 Å². The Labute approximate surface area is 121 Å². The number of hydrogen-bond acceptors (Lipinski definition) is 4. The Morgan fingerprint density at radius 1 is 0.905 bits per heavy atom. The topological polar surface area (TPSA) is 69.4 Å². The second-order valence-corrected chi connectivity index (χ2v) is 4.72. The maximum atomic E-state index is 12.6. The van der Waals surface area contributed by atoms with E-state index in [-0.39, 0.29) is 11.6 Å². The summed E-state index contributed by atoms with van der Waals surface area (Å²) in [6, 6.07) is 11.9. The third-order valence-corrected chi connectivity index (χ3v) is 3.53. The molecule has 1 aliphatic carbocycles. The van der Waals surface area contributed by atoms with Gasteiger partial charge < -0.3 is 10.5 Å². The fraction of sp³-hybridized carbons (Fsp3) is 0.0588. The van der Waals surface area contributed by atoms with Crippen LogP contribution in [0.4, 0.5) is 5.69 Å². The zero-order chi connectivity index (χ0) is 15.0. The molecule has 0 aliphatic heterocycles. The quantitative estimate of drug-likeness (QED) is 0.858. The standard InChI is InChI=1S/C17H13NO3/c1-21-15-8-4-7-11(16(15)18)13-9-14(19)10-5-2-3-6-12(10)17(13)20/h2-9H,18H2,1H3. The zero-order valence-corrected chi connectivity index (χ0v) is 11.4. The van der Waals surface area contributed by atoms with E-state index in [0.29, 0.717) is 33.7 Å². The van der Waals surface area contributed by atoms with E-state index in [1.807, 2.05) is 0 Å². The molecule has 2 aromatic rings. The molecule has 0 spiro atoms. The van der Waals surface area contributed by atoms with Gasteiger partial charge in [-0.25, -0.2) is 0 Å². The molecule has 0 bridgehead atoms. The summed E-state index contributed by atoms with van der Waals surface area (Å²) in [5.41, 5.74) is 8.02. The Morgan fingerprint density at radius 2 is 1.57 bits per heavy atom. The van der Waals surface area contributed by atoms with Gasteiger partial charge in [0.1, 0.15) is 5.75 Å². The van der Waals surface area contributed by atoms with Crippen LogP contribution in [0.2, 0.25) is 0 Å². The number of carbonyl (C=O) groups excluding carboxylic acids is 2. The first-order chi connectivity index (χ1) is 10.1. The first-order valence-electron chi connectivity index (χ1n) is 6.46. The molecule has 0 amide bonds. The highest BCUT2D eigenvalue weighted by atomic mass is 16.5. The lowest BCUT2D eigenvalue weighted by atomic mass is 9.86. The van der Waals surface area contributed by atoms with Gasteiger partial charge in [0.2, 0.25) is 0 Å². The maximum absolute atomic E-state index is 12.6. The summed E-state index contributed by atoms with van der Waals surface area (Å²) >= 11 is 0. The highest BCUT2D eigenvalue weighted by Gasteiger charge is 2.27. The van der Waals surface area contributed by atoms with E-state index in [4.69, 9.17) is 10.5 Å². The number of carbonyl (C=O) groups is 2. The van der Waals surface area contributed by atoms with Gasteiger partial charge in [-0.2, -0.15) is 0 Å². The minimum Gasteiger partial charge on any atom is -0.495 e. The van der Waals surface area contributed by atoms with Crippen molar-refractivity contribution in [3.8, 4) is 5.75 Å². The number of rotatable bonds is 2. The molecule has 0 atom stereocenters. The summed E-state index contributed by atoms with van der Waals surface area (Å²) in [7, 11) is 1.51. The van der Waals surface area contributed by atoms with Gasteiger partial charge in [0.15, 0.2) is 11.6 Å². The Morgan fingerprint density at radius 3 is 2.29 bits per heavy atom. The number of Topliss-reactive ketones (excluding diaryl/α,β-unsaturated/α-hetero) is 1. The normalized spacial score (nSPS) is 13.7. The van der Waals surface area contributed by atoms with Crippen molar-refractivity contribution in [3.05, 3.63) is 65.2 Å². The van der Waals surface area contributed by atoms with Crippen molar-refractivity contribution < 1.29 is 14.3 Å². The number of ether oxygens (including phenoxy) is 1. The smallest absolute Gasteiger partial charge is 0.194 e. The summed E-state index contributed by atoms with van der Waals surface area (Å²) in [6.07, 6.45) is 1.34. The van der Waals surface area contributed by atoms with Crippen molar-refractivity contribution in [2.24, 2.45) is 0 Å². The van der Waals surface area contributed by atoms with Gasteiger partial charge in [-0.1, -0.05) is 36.4 Å². The van der Waals surface area contributed by atoms with Crippen LogP contribution >= 0.6 is 0 Å². The molecule has 4 heteroatoms. The Bertz CT molecular complexity index is 790. The zero-order valence-electron chi connectivity index (χ0n) is 11.4. The van der Waals surface area contributed by atoms with E-state index in [1.54, 1.807) is 42.5 Å². The van der Waals surface area contributed by atoms with E-state index in [9.17, 15) is 9.59 Å². The fourth-order valence-corrected chi connectivity index (χ4v) is 2.47. The summed E-state index contributed by atoms with van der Waals surface area (Å²) in [6.45, 7) is 0. The first-order valence-corrected chi connectivity index (χ1v) is 6.46. The Kier molecular flexibility index (Phi) is 3.06. The summed E-state index contributed by atoms with van der Waals surface area (Å²) in [5.74, 6) is 0.0834. The fourth-order valence-electron chi connectivity index (χ4n) is 2.47. The lowest BCUT2D eigenvalue weighted by Gasteiger charge is -2.17. The molecule has 0 fully saturated rings. The molecule has 2 N–H and O–H groups in total. The lowest BCUT2D eigenvalue weighted by molar-refractivity contribution is 0.100. The van der Waals surface area contributed by atoms with Gasteiger partial charge >= 0.3 is 0 Å². The van der Waals surface area contributed by atoms with Crippen LogP contribution in [0.3, 0.4) is 0 Å². The number of methoxy groups -OCH3 is 1. The van der Waals surface area contributed by atoms with Crippen LogP contribution in [0.15, 0.2) is 48.5 Å². The predicted molar refractivity (Wildman–Crippen MR) is 80.5 cm³/mol. The molecule has 0 aromatic heterocycles. The number of hydrogen-bond donors (Lipinski definition) is 1. The third-order valence-electron chi connectivity index (χ3n) is 3.53. The molecule has 0 radical (unpaired) electrons. The molecule has 2 aromatic carbocycles. The van der Waals surface area contributed by atoms with E-state index in [1.165, 1.54) is 13.2 Å². The van der Waals surface area contributed by atoms with Crippen LogP contribution < -0.4 is 10.5 Å². The van der Waals surface area contributed by atoms with Gasteiger partial charge in [-0.05, 0) is 12.1 Å². The van der Waals surface area contributed by atoms with Crippen LogP contribution in [0.1, 0.15) is 26.3 Å². The van der Waals surface area contributed by atoms with Crippen molar-refractivity contribution >= 4 is 22.8 Å². The molecule has 3 rings (SSSR count). The van der Waals surface area contributed by atoms with Gasteiger partial charge in [-0.15, -0.1) is 0 Å². The largest absolute Gasteiger partial charge is 0.495 e. The molecular formula is C17H13NO3. The van der Waals surface area contributed by atoms with Crippen molar-refractivity contribution in [1.29, 1.82) is 0 Å². The minimum atomic E-state index is -0.204. The Hall–Kier alpha value is -2.88. The van der Waals surface area contributed by atoms with Gasteiger partial charge in [0.25, 0.3) is 0 Å².